The fourth-order valence-corrected chi connectivity index (χ4v) is 2.12. The topological polar surface area (TPSA) is 71.1 Å². The maximum absolute atomic E-state index is 13.0. The molecule has 0 unspecified atom stereocenters. The fourth-order valence-electron chi connectivity index (χ4n) is 2.12. The number of alkyl halides is 3. The number of rotatable bonds is 5. The number of hydrogen-bond donors (Lipinski definition) is 2. The minimum Gasteiger partial charge on any atom is -0.350 e. The number of nitrogens with zero attached hydrogens (tertiary/aromatic N) is 1. The van der Waals surface area contributed by atoms with Gasteiger partial charge in [-0.1, -0.05) is 18.2 Å². The number of amides is 2. The summed E-state index contributed by atoms with van der Waals surface area (Å²) in [5, 5.41) is 4.77. The summed E-state index contributed by atoms with van der Waals surface area (Å²) in [5.41, 5.74) is -2.35. The van der Waals surface area contributed by atoms with Gasteiger partial charge in [-0.3, -0.25) is 14.6 Å². The number of carbonyl (C=O) groups excluding carboxylic acids is 2. The first kappa shape index (κ1) is 19.4. The van der Waals surface area contributed by atoms with Gasteiger partial charge < -0.3 is 10.6 Å². The smallest absolute Gasteiger partial charge is 0.350 e. The van der Waals surface area contributed by atoms with Crippen molar-refractivity contribution >= 4 is 17.5 Å². The highest BCUT2D eigenvalue weighted by atomic mass is 19.4. The van der Waals surface area contributed by atoms with E-state index in [9.17, 15) is 22.8 Å². The van der Waals surface area contributed by atoms with Crippen LogP contribution in [-0.2, 0) is 22.3 Å². The molecule has 2 amide bonds. The second-order valence-corrected chi connectivity index (χ2v) is 6.13. The molecule has 0 fully saturated rings. The molecule has 0 saturated carbocycles. The zero-order valence-corrected chi connectivity index (χ0v) is 14.2. The number of aromatic nitrogens is 1. The average Bonchev–Trinajstić information content (AvgIpc) is 2.60. The second-order valence-electron chi connectivity index (χ2n) is 6.13. The molecule has 0 spiro atoms. The average molecular weight is 365 g/mol. The van der Waals surface area contributed by atoms with Gasteiger partial charge in [0.1, 0.15) is 5.41 Å². The molecule has 1 aromatic heterocycles. The largest absolute Gasteiger partial charge is 0.418 e. The molecule has 0 aliphatic rings. The lowest BCUT2D eigenvalue weighted by Crippen LogP contribution is -2.45. The molecule has 1 heterocycles. The summed E-state index contributed by atoms with van der Waals surface area (Å²) in [4.78, 5) is 28.8. The molecule has 2 N–H and O–H groups in total. The van der Waals surface area contributed by atoms with Crippen LogP contribution >= 0.6 is 0 Å². The van der Waals surface area contributed by atoms with E-state index in [0.717, 1.165) is 12.1 Å². The quantitative estimate of drug-likeness (QED) is 0.798. The maximum Gasteiger partial charge on any atom is 0.418 e. The van der Waals surface area contributed by atoms with Crippen LogP contribution < -0.4 is 10.6 Å². The van der Waals surface area contributed by atoms with Crippen LogP contribution in [0.15, 0.2) is 48.7 Å². The van der Waals surface area contributed by atoms with Gasteiger partial charge in [-0.05, 0) is 38.1 Å². The third kappa shape index (κ3) is 4.59. The van der Waals surface area contributed by atoms with Crippen LogP contribution in [0.4, 0.5) is 18.9 Å². The van der Waals surface area contributed by atoms with Gasteiger partial charge in [0.25, 0.3) is 0 Å². The van der Waals surface area contributed by atoms with Gasteiger partial charge >= 0.3 is 6.18 Å². The summed E-state index contributed by atoms with van der Waals surface area (Å²) in [5.74, 6) is -1.46. The highest BCUT2D eigenvalue weighted by Gasteiger charge is 2.38. The monoisotopic (exact) mass is 365 g/mol. The maximum atomic E-state index is 13.0. The molecule has 0 bridgehead atoms. The third-order valence-electron chi connectivity index (χ3n) is 3.77. The van der Waals surface area contributed by atoms with E-state index in [2.05, 4.69) is 15.6 Å². The Morgan fingerprint density at radius 3 is 2.27 bits per heavy atom. The predicted molar refractivity (Wildman–Crippen MR) is 89.9 cm³/mol. The summed E-state index contributed by atoms with van der Waals surface area (Å²) in [6, 6.07) is 9.78. The van der Waals surface area contributed by atoms with Crippen molar-refractivity contribution in [1.82, 2.24) is 10.3 Å². The van der Waals surface area contributed by atoms with Gasteiger partial charge in [0.15, 0.2) is 0 Å². The van der Waals surface area contributed by atoms with Gasteiger partial charge in [-0.25, -0.2) is 0 Å². The van der Waals surface area contributed by atoms with Crippen molar-refractivity contribution in [1.29, 1.82) is 0 Å². The molecule has 2 rings (SSSR count). The molecular formula is C18H18F3N3O2. The highest BCUT2D eigenvalue weighted by Crippen LogP contribution is 2.35. The van der Waals surface area contributed by atoms with Crippen molar-refractivity contribution in [3.8, 4) is 0 Å². The Hall–Kier alpha value is -2.90. The number of hydrogen-bond acceptors (Lipinski definition) is 3. The number of nitrogens with one attached hydrogen (secondary N) is 2. The summed E-state index contributed by atoms with van der Waals surface area (Å²) in [7, 11) is 0. The fraction of sp³-hybridized carbons (Fsp3) is 0.278. The summed E-state index contributed by atoms with van der Waals surface area (Å²) >= 11 is 0. The molecular weight excluding hydrogens is 347 g/mol. The van der Waals surface area contributed by atoms with Crippen molar-refractivity contribution in [3.05, 3.63) is 59.9 Å². The van der Waals surface area contributed by atoms with Crippen molar-refractivity contribution in [2.75, 3.05) is 5.32 Å². The van der Waals surface area contributed by atoms with Gasteiger partial charge in [-0.15, -0.1) is 0 Å². The first-order valence-corrected chi connectivity index (χ1v) is 7.78. The number of pyridine rings is 1. The lowest BCUT2D eigenvalue weighted by Gasteiger charge is -2.23. The molecule has 1 aromatic carbocycles. The van der Waals surface area contributed by atoms with Crippen LogP contribution in [0.2, 0.25) is 0 Å². The SMILES string of the molecule is CC(C)(C(=O)NCc1ccccn1)C(=O)Nc1ccccc1C(F)(F)F. The number of halogens is 3. The molecule has 0 aliphatic carbocycles. The van der Waals surface area contributed by atoms with E-state index in [1.54, 1.807) is 24.4 Å². The summed E-state index contributed by atoms with van der Waals surface area (Å²) < 4.78 is 39.1. The Bertz CT molecular complexity index is 790. The molecule has 0 atom stereocenters. The lowest BCUT2D eigenvalue weighted by atomic mass is 9.90. The molecule has 2 aromatic rings. The van der Waals surface area contributed by atoms with Crippen LogP contribution in [0.1, 0.15) is 25.1 Å². The number of benzene rings is 1. The van der Waals surface area contributed by atoms with Gasteiger partial charge in [0, 0.05) is 6.20 Å². The Balaban J connectivity index is 2.09. The summed E-state index contributed by atoms with van der Waals surface area (Å²) in [6.07, 6.45) is -3.05. The molecule has 5 nitrogen and oxygen atoms in total. The van der Waals surface area contributed by atoms with Crippen LogP contribution in [0.5, 0.6) is 0 Å². The Kier molecular flexibility index (Phi) is 5.64. The molecule has 26 heavy (non-hydrogen) atoms. The third-order valence-corrected chi connectivity index (χ3v) is 3.77. The van der Waals surface area contributed by atoms with E-state index in [-0.39, 0.29) is 6.54 Å². The van der Waals surface area contributed by atoms with E-state index >= 15 is 0 Å². The zero-order valence-electron chi connectivity index (χ0n) is 14.2. The van der Waals surface area contributed by atoms with Crippen molar-refractivity contribution < 1.29 is 22.8 Å². The molecule has 0 saturated heterocycles. The molecule has 0 radical (unpaired) electrons. The predicted octanol–water partition coefficient (Wildman–Crippen LogP) is 3.38. The lowest BCUT2D eigenvalue weighted by molar-refractivity contribution is -0.138. The first-order valence-electron chi connectivity index (χ1n) is 7.78. The minimum atomic E-state index is -4.62. The molecule has 8 heteroatoms. The number of carbonyl (C=O) groups is 2. The molecule has 138 valence electrons. The molecule has 0 aliphatic heterocycles. The minimum absolute atomic E-state index is 0.107. The zero-order chi connectivity index (χ0) is 19.4. The van der Waals surface area contributed by atoms with E-state index in [1.807, 2.05) is 0 Å². The van der Waals surface area contributed by atoms with E-state index in [1.165, 1.54) is 26.0 Å². The number of para-hydroxylation sites is 1. The van der Waals surface area contributed by atoms with Crippen LogP contribution in [0.3, 0.4) is 0 Å². The van der Waals surface area contributed by atoms with Gasteiger partial charge in [0.2, 0.25) is 11.8 Å². The summed E-state index contributed by atoms with van der Waals surface area (Å²) in [6.45, 7) is 2.79. The van der Waals surface area contributed by atoms with Gasteiger partial charge in [-0.2, -0.15) is 13.2 Å². The Labute approximate surface area is 148 Å². The highest BCUT2D eigenvalue weighted by molar-refractivity contribution is 6.10. The van der Waals surface area contributed by atoms with Crippen molar-refractivity contribution in [2.24, 2.45) is 5.41 Å². The van der Waals surface area contributed by atoms with Crippen LogP contribution in [0.25, 0.3) is 0 Å². The first-order chi connectivity index (χ1) is 12.1. The van der Waals surface area contributed by atoms with E-state index < -0.39 is 34.7 Å². The van der Waals surface area contributed by atoms with Crippen molar-refractivity contribution in [2.45, 2.75) is 26.6 Å². The second kappa shape index (κ2) is 7.55. The van der Waals surface area contributed by atoms with E-state index in [0.29, 0.717) is 5.69 Å². The number of anilines is 1. The van der Waals surface area contributed by atoms with Crippen molar-refractivity contribution in [3.63, 3.8) is 0 Å². The Morgan fingerprint density at radius 1 is 1.00 bits per heavy atom. The van der Waals surface area contributed by atoms with Crippen LogP contribution in [-0.4, -0.2) is 16.8 Å². The van der Waals surface area contributed by atoms with Crippen LogP contribution in [0, 0.1) is 5.41 Å². The Morgan fingerprint density at radius 2 is 1.65 bits per heavy atom. The standard InChI is InChI=1S/C18H18F3N3O2/c1-17(2,15(25)23-11-12-7-5-6-10-22-12)16(26)24-14-9-4-3-8-13(14)18(19,20)21/h3-10H,11H2,1-2H3,(H,23,25)(H,24,26). The van der Waals surface area contributed by atoms with E-state index in [4.69, 9.17) is 0 Å². The normalized spacial score (nSPS) is 11.7. The van der Waals surface area contributed by atoms with Gasteiger partial charge in [0.05, 0.1) is 23.5 Å².